The highest BCUT2D eigenvalue weighted by molar-refractivity contribution is 6.07. The van der Waals surface area contributed by atoms with Gasteiger partial charge in [-0.3, -0.25) is 19.6 Å². The number of amides is 4. The van der Waals surface area contributed by atoms with E-state index in [1.54, 1.807) is 11.0 Å². The zero-order valence-electron chi connectivity index (χ0n) is 19.7. The Morgan fingerprint density at radius 1 is 1.11 bits per heavy atom. The van der Waals surface area contributed by atoms with E-state index in [1.165, 1.54) is 4.90 Å². The minimum Gasteiger partial charge on any atom is -0.454 e. The monoisotopic (exact) mass is 479 g/mol. The molecule has 35 heavy (non-hydrogen) atoms. The molecule has 1 atom stereocenters. The van der Waals surface area contributed by atoms with Crippen LogP contribution in [0.2, 0.25) is 0 Å². The summed E-state index contributed by atoms with van der Waals surface area (Å²) in [5.41, 5.74) is 1.34. The molecule has 4 amide bonds. The summed E-state index contributed by atoms with van der Waals surface area (Å²) in [5, 5.41) is 10.2. The van der Waals surface area contributed by atoms with Gasteiger partial charge in [0.25, 0.3) is 11.8 Å². The second-order valence-corrected chi connectivity index (χ2v) is 9.88. The Balaban J connectivity index is 1.13. The van der Waals surface area contributed by atoms with Gasteiger partial charge < -0.3 is 19.7 Å². The lowest BCUT2D eigenvalue weighted by Crippen LogP contribution is -2.56. The number of carbonyl (C=O) groups excluding carboxylic acids is 3. The number of rotatable bonds is 6. The second kappa shape index (κ2) is 8.28. The highest BCUT2D eigenvalue weighted by atomic mass is 16.7. The first-order chi connectivity index (χ1) is 17.0. The fourth-order valence-corrected chi connectivity index (χ4v) is 5.60. The number of urea groups is 1. The topological polar surface area (TPSA) is 117 Å². The second-order valence-electron chi connectivity index (χ2n) is 9.88. The number of carbonyl (C=O) groups is 3. The van der Waals surface area contributed by atoms with E-state index in [1.807, 2.05) is 25.1 Å². The molecule has 4 aliphatic rings. The number of piperidine rings is 1. The quantitative estimate of drug-likeness (QED) is 0.616. The lowest BCUT2D eigenvalue weighted by atomic mass is 9.75. The van der Waals surface area contributed by atoms with E-state index in [0.717, 1.165) is 24.1 Å². The van der Waals surface area contributed by atoms with Crippen molar-refractivity contribution in [2.45, 2.75) is 57.0 Å². The fraction of sp³-hybridized carbons (Fsp3) is 0.520. The molecule has 10 heteroatoms. The third-order valence-corrected chi connectivity index (χ3v) is 7.85. The average Bonchev–Trinajstić information content (AvgIpc) is 3.32. The molecule has 1 aromatic heterocycles. The first-order valence-corrected chi connectivity index (χ1v) is 12.4. The van der Waals surface area contributed by atoms with Crippen LogP contribution in [0, 0.1) is 5.92 Å². The highest BCUT2D eigenvalue weighted by Crippen LogP contribution is 2.40. The number of benzene rings is 1. The molecule has 0 spiro atoms. The number of likely N-dealkylation sites (tertiary alicyclic amines) is 1. The number of aromatic nitrogens is 2. The first kappa shape index (κ1) is 21.9. The summed E-state index contributed by atoms with van der Waals surface area (Å²) in [6, 6.07) is 6.94. The van der Waals surface area contributed by atoms with Gasteiger partial charge in [-0.1, -0.05) is 13.0 Å². The van der Waals surface area contributed by atoms with Crippen LogP contribution >= 0.6 is 0 Å². The fourth-order valence-electron chi connectivity index (χ4n) is 5.60. The lowest BCUT2D eigenvalue weighted by molar-refractivity contribution is -0.134. The van der Waals surface area contributed by atoms with Crippen molar-refractivity contribution in [1.82, 2.24) is 25.3 Å². The van der Waals surface area contributed by atoms with Gasteiger partial charge in [0.15, 0.2) is 11.5 Å². The molecule has 1 aromatic carbocycles. The van der Waals surface area contributed by atoms with Crippen molar-refractivity contribution < 1.29 is 23.9 Å². The van der Waals surface area contributed by atoms with Crippen LogP contribution < -0.4 is 14.8 Å². The number of H-pyrrole nitrogens is 1. The summed E-state index contributed by atoms with van der Waals surface area (Å²) < 4.78 is 10.8. The van der Waals surface area contributed by atoms with Gasteiger partial charge >= 0.3 is 6.03 Å². The summed E-state index contributed by atoms with van der Waals surface area (Å²) in [6.45, 7) is 3.33. The molecule has 2 N–H and O–H groups in total. The molecule has 10 nitrogen and oxygen atoms in total. The zero-order valence-corrected chi connectivity index (χ0v) is 19.7. The number of hydrogen-bond donors (Lipinski definition) is 2. The summed E-state index contributed by atoms with van der Waals surface area (Å²) in [7, 11) is 0. The van der Waals surface area contributed by atoms with Crippen molar-refractivity contribution in [3.63, 3.8) is 0 Å². The van der Waals surface area contributed by atoms with Crippen LogP contribution in [0.4, 0.5) is 4.79 Å². The van der Waals surface area contributed by atoms with Crippen molar-refractivity contribution in [2.24, 2.45) is 5.92 Å². The third-order valence-electron chi connectivity index (χ3n) is 7.85. The number of aromatic amines is 1. The minimum absolute atomic E-state index is 0.0454. The summed E-state index contributed by atoms with van der Waals surface area (Å²) >= 11 is 0. The molecule has 0 radical (unpaired) electrons. The van der Waals surface area contributed by atoms with E-state index in [-0.39, 0.29) is 37.1 Å². The van der Waals surface area contributed by atoms with Crippen LogP contribution in [0.5, 0.6) is 11.5 Å². The van der Waals surface area contributed by atoms with Crippen molar-refractivity contribution >= 4 is 17.8 Å². The lowest BCUT2D eigenvalue weighted by Gasteiger charge is -2.40. The highest BCUT2D eigenvalue weighted by Gasteiger charge is 2.55. The molecule has 4 heterocycles. The largest absolute Gasteiger partial charge is 0.454 e. The molecule has 184 valence electrons. The molecule has 3 fully saturated rings. The number of imide groups is 1. The van der Waals surface area contributed by atoms with Gasteiger partial charge in [-0.15, -0.1) is 0 Å². The molecular formula is C25H29N5O5. The van der Waals surface area contributed by atoms with Gasteiger partial charge in [0, 0.05) is 24.7 Å². The Morgan fingerprint density at radius 2 is 1.89 bits per heavy atom. The van der Waals surface area contributed by atoms with Crippen LogP contribution in [0.3, 0.4) is 0 Å². The first-order valence-electron chi connectivity index (χ1n) is 12.4. The molecule has 6 rings (SSSR count). The maximum Gasteiger partial charge on any atom is 0.325 e. The normalized spacial score (nSPS) is 24.3. The third kappa shape index (κ3) is 3.71. The molecule has 1 unspecified atom stereocenters. The molecule has 2 saturated heterocycles. The van der Waals surface area contributed by atoms with Gasteiger partial charge in [0.2, 0.25) is 6.79 Å². The van der Waals surface area contributed by atoms with E-state index in [0.29, 0.717) is 55.5 Å². The number of fused-ring (bicyclic) bond motifs is 1. The maximum atomic E-state index is 13.6. The summed E-state index contributed by atoms with van der Waals surface area (Å²) in [6.07, 6.45) is 4.07. The van der Waals surface area contributed by atoms with Crippen molar-refractivity contribution in [3.8, 4) is 11.5 Å². The van der Waals surface area contributed by atoms with E-state index in [2.05, 4.69) is 15.5 Å². The molecule has 1 saturated carbocycles. The van der Waals surface area contributed by atoms with E-state index in [4.69, 9.17) is 9.47 Å². The van der Waals surface area contributed by atoms with Gasteiger partial charge in [-0.05, 0) is 61.8 Å². The van der Waals surface area contributed by atoms with Crippen LogP contribution in [-0.4, -0.2) is 63.3 Å². The Kier molecular flexibility index (Phi) is 5.19. The van der Waals surface area contributed by atoms with E-state index >= 15 is 0 Å². The van der Waals surface area contributed by atoms with Crippen molar-refractivity contribution in [1.29, 1.82) is 0 Å². The van der Waals surface area contributed by atoms with Crippen LogP contribution in [0.25, 0.3) is 0 Å². The predicted octanol–water partition coefficient (Wildman–Crippen LogP) is 2.77. The van der Waals surface area contributed by atoms with Crippen molar-refractivity contribution in [2.75, 3.05) is 19.9 Å². The number of hydrogen-bond acceptors (Lipinski definition) is 6. The van der Waals surface area contributed by atoms with Crippen LogP contribution in [-0.2, 0) is 11.3 Å². The van der Waals surface area contributed by atoms with Gasteiger partial charge in [0.1, 0.15) is 11.2 Å². The number of nitrogens with one attached hydrogen (secondary N) is 2. The molecule has 3 aliphatic heterocycles. The molecule has 1 aliphatic carbocycles. The van der Waals surface area contributed by atoms with Gasteiger partial charge in [-0.25, -0.2) is 4.79 Å². The number of ether oxygens (including phenoxy) is 2. The van der Waals surface area contributed by atoms with Crippen LogP contribution in [0.1, 0.15) is 66.7 Å². The smallest absolute Gasteiger partial charge is 0.325 e. The standard InChI is InChI=1S/C25H29N5O5/c1-2-25(17-7-9-29(10-8-17)22(31)19-12-18(27-28-19)16-4-5-16)23(32)30(24(33)26-25)13-15-3-6-20-21(11-15)35-14-34-20/h3,6,11-12,16-17H,2,4-5,7-10,13-14H2,1H3,(H,26,33)(H,27,28). The maximum absolute atomic E-state index is 13.6. The predicted molar refractivity (Wildman–Crippen MR) is 124 cm³/mol. The van der Waals surface area contributed by atoms with Crippen LogP contribution in [0.15, 0.2) is 24.3 Å². The summed E-state index contributed by atoms with van der Waals surface area (Å²) in [5.74, 6) is 1.47. The average molecular weight is 480 g/mol. The van der Waals surface area contributed by atoms with Gasteiger partial charge in [0.05, 0.1) is 6.54 Å². The molecule has 0 bridgehead atoms. The van der Waals surface area contributed by atoms with Gasteiger partial charge in [-0.2, -0.15) is 5.10 Å². The Hall–Kier alpha value is -3.56. The Labute approximate surface area is 202 Å². The molecular weight excluding hydrogens is 450 g/mol. The SMILES string of the molecule is CCC1(C2CCN(C(=O)c3cc(C4CC4)[nH]n3)CC2)NC(=O)N(Cc2ccc3c(c2)OCO3)C1=O. The minimum atomic E-state index is -0.950. The Morgan fingerprint density at radius 3 is 2.63 bits per heavy atom. The van der Waals surface area contributed by atoms with E-state index in [9.17, 15) is 14.4 Å². The Bertz CT molecular complexity index is 1180. The summed E-state index contributed by atoms with van der Waals surface area (Å²) in [4.78, 5) is 42.6. The zero-order chi connectivity index (χ0) is 24.2. The molecule has 2 aromatic rings. The van der Waals surface area contributed by atoms with Crippen molar-refractivity contribution in [3.05, 3.63) is 41.2 Å². The van der Waals surface area contributed by atoms with E-state index < -0.39 is 5.54 Å². The number of nitrogens with zero attached hydrogens (tertiary/aromatic N) is 3.